The monoisotopic (exact) mass is 343 g/mol. The highest BCUT2D eigenvalue weighted by atomic mass is 35.5. The zero-order valence-corrected chi connectivity index (χ0v) is 14.1. The standard InChI is InChI=1S/C13H14ClN3S3/c1-7(15)5-9-10(14)11-12(19-9)13(20-17-11)16-6-8-3-2-4-18-8/h2-4,7,16H,5-6,15H2,1H3/t7-/m0/s1. The van der Waals surface area contributed by atoms with Crippen LogP contribution in [0.1, 0.15) is 16.7 Å². The first kappa shape index (κ1) is 14.3. The molecule has 3 aromatic rings. The van der Waals surface area contributed by atoms with Gasteiger partial charge >= 0.3 is 0 Å². The molecular weight excluding hydrogens is 330 g/mol. The third kappa shape index (κ3) is 2.84. The highest BCUT2D eigenvalue weighted by Gasteiger charge is 2.17. The van der Waals surface area contributed by atoms with Crippen LogP contribution in [0.4, 0.5) is 5.00 Å². The Balaban J connectivity index is 1.84. The highest BCUT2D eigenvalue weighted by Crippen LogP contribution is 2.41. The summed E-state index contributed by atoms with van der Waals surface area (Å²) in [5.74, 6) is 0. The van der Waals surface area contributed by atoms with Gasteiger partial charge in [0.25, 0.3) is 0 Å². The van der Waals surface area contributed by atoms with Gasteiger partial charge in [-0.1, -0.05) is 17.7 Å². The van der Waals surface area contributed by atoms with Gasteiger partial charge in [-0.2, -0.15) is 4.37 Å². The normalized spacial score (nSPS) is 12.9. The van der Waals surface area contributed by atoms with Crippen LogP contribution in [0.5, 0.6) is 0 Å². The van der Waals surface area contributed by atoms with E-state index in [4.69, 9.17) is 17.3 Å². The number of hydrogen-bond donors (Lipinski definition) is 2. The number of nitrogens with one attached hydrogen (secondary N) is 1. The molecule has 20 heavy (non-hydrogen) atoms. The Morgan fingerprint density at radius 3 is 3.05 bits per heavy atom. The summed E-state index contributed by atoms with van der Waals surface area (Å²) in [6.07, 6.45) is 0.800. The molecule has 3 heterocycles. The molecule has 0 unspecified atom stereocenters. The van der Waals surface area contributed by atoms with Crippen LogP contribution in [0.2, 0.25) is 5.02 Å². The van der Waals surface area contributed by atoms with Crippen molar-refractivity contribution in [2.45, 2.75) is 25.9 Å². The van der Waals surface area contributed by atoms with E-state index >= 15 is 0 Å². The first-order valence-electron chi connectivity index (χ1n) is 6.23. The van der Waals surface area contributed by atoms with Crippen LogP contribution < -0.4 is 11.1 Å². The number of nitrogens with two attached hydrogens (primary N) is 1. The maximum Gasteiger partial charge on any atom is 0.127 e. The second kappa shape index (κ2) is 5.99. The van der Waals surface area contributed by atoms with Crippen molar-refractivity contribution in [2.75, 3.05) is 5.32 Å². The fourth-order valence-electron chi connectivity index (χ4n) is 1.93. The Morgan fingerprint density at radius 2 is 2.35 bits per heavy atom. The van der Waals surface area contributed by atoms with Gasteiger partial charge in [-0.05, 0) is 36.3 Å². The summed E-state index contributed by atoms with van der Waals surface area (Å²) in [4.78, 5) is 2.44. The number of rotatable bonds is 5. The van der Waals surface area contributed by atoms with E-state index in [2.05, 4.69) is 27.2 Å². The van der Waals surface area contributed by atoms with E-state index in [1.807, 2.05) is 6.92 Å². The number of aromatic nitrogens is 1. The molecule has 0 spiro atoms. The van der Waals surface area contributed by atoms with Crippen molar-refractivity contribution in [3.8, 4) is 0 Å². The van der Waals surface area contributed by atoms with E-state index in [-0.39, 0.29) is 6.04 Å². The maximum atomic E-state index is 6.39. The number of anilines is 1. The Labute approximate surface area is 134 Å². The van der Waals surface area contributed by atoms with Crippen molar-refractivity contribution >= 4 is 61.0 Å². The lowest BCUT2D eigenvalue weighted by Gasteiger charge is -2.02. The predicted molar refractivity (Wildman–Crippen MR) is 91.5 cm³/mol. The minimum atomic E-state index is 0.112. The molecule has 0 saturated heterocycles. The van der Waals surface area contributed by atoms with Crippen LogP contribution >= 0.6 is 45.8 Å². The van der Waals surface area contributed by atoms with Crippen molar-refractivity contribution in [2.24, 2.45) is 5.73 Å². The molecule has 0 amide bonds. The topological polar surface area (TPSA) is 50.9 Å². The van der Waals surface area contributed by atoms with Crippen molar-refractivity contribution in [3.63, 3.8) is 0 Å². The molecule has 0 aromatic carbocycles. The first-order valence-corrected chi connectivity index (χ1v) is 9.08. The van der Waals surface area contributed by atoms with Crippen molar-refractivity contribution in [3.05, 3.63) is 32.3 Å². The second-order valence-corrected chi connectivity index (χ2v) is 7.93. The number of nitrogens with zero attached hydrogens (tertiary/aromatic N) is 1. The van der Waals surface area contributed by atoms with Gasteiger partial charge in [-0.3, -0.25) is 0 Å². The van der Waals surface area contributed by atoms with E-state index in [1.54, 1.807) is 22.7 Å². The van der Waals surface area contributed by atoms with Crippen molar-refractivity contribution < 1.29 is 0 Å². The average molecular weight is 344 g/mol. The quantitative estimate of drug-likeness (QED) is 0.713. The van der Waals surface area contributed by atoms with E-state index in [0.717, 1.165) is 38.1 Å². The number of halogens is 1. The van der Waals surface area contributed by atoms with Gasteiger partial charge in [0.05, 0.1) is 16.3 Å². The van der Waals surface area contributed by atoms with E-state index in [9.17, 15) is 0 Å². The molecule has 0 radical (unpaired) electrons. The Morgan fingerprint density at radius 1 is 1.50 bits per heavy atom. The summed E-state index contributed by atoms with van der Waals surface area (Å²) in [5.41, 5.74) is 6.77. The third-order valence-corrected chi connectivity index (χ3v) is 6.39. The highest BCUT2D eigenvalue weighted by molar-refractivity contribution is 7.25. The SMILES string of the molecule is C[C@H](N)Cc1sc2c(NCc3cccs3)snc2c1Cl. The van der Waals surface area contributed by atoms with Crippen LogP contribution in [0.15, 0.2) is 17.5 Å². The molecule has 0 saturated carbocycles. The van der Waals surface area contributed by atoms with Gasteiger partial charge in [0.1, 0.15) is 10.5 Å². The van der Waals surface area contributed by atoms with E-state index in [0.29, 0.717) is 0 Å². The molecule has 3 N–H and O–H groups in total. The van der Waals surface area contributed by atoms with E-state index < -0.39 is 0 Å². The van der Waals surface area contributed by atoms with Crippen LogP contribution in [-0.2, 0) is 13.0 Å². The van der Waals surface area contributed by atoms with Crippen LogP contribution in [0, 0.1) is 0 Å². The summed E-state index contributed by atoms with van der Waals surface area (Å²) in [5, 5.41) is 7.40. The molecule has 0 bridgehead atoms. The van der Waals surface area contributed by atoms with Gasteiger partial charge < -0.3 is 11.1 Å². The summed E-state index contributed by atoms with van der Waals surface area (Å²) in [7, 11) is 0. The van der Waals surface area contributed by atoms with Crippen LogP contribution in [-0.4, -0.2) is 10.4 Å². The fourth-order valence-corrected chi connectivity index (χ4v) is 5.18. The number of thiophene rings is 2. The molecule has 3 nitrogen and oxygen atoms in total. The molecule has 0 aliphatic heterocycles. The minimum Gasteiger partial charge on any atom is -0.370 e. The fraction of sp³-hybridized carbons (Fsp3) is 0.308. The molecule has 0 fully saturated rings. The first-order chi connectivity index (χ1) is 9.65. The van der Waals surface area contributed by atoms with Gasteiger partial charge in [0.2, 0.25) is 0 Å². The summed E-state index contributed by atoms with van der Waals surface area (Å²) in [6, 6.07) is 4.30. The Bertz CT molecular complexity index is 700. The van der Waals surface area contributed by atoms with E-state index in [1.165, 1.54) is 16.4 Å². The summed E-state index contributed by atoms with van der Waals surface area (Å²) < 4.78 is 5.61. The summed E-state index contributed by atoms with van der Waals surface area (Å²) >= 11 is 11.3. The molecule has 0 aliphatic carbocycles. The van der Waals surface area contributed by atoms with Gasteiger partial charge in [0, 0.05) is 15.8 Å². The second-order valence-electron chi connectivity index (χ2n) is 4.64. The largest absolute Gasteiger partial charge is 0.370 e. The molecule has 7 heteroatoms. The van der Waals surface area contributed by atoms with Gasteiger partial charge in [-0.15, -0.1) is 22.7 Å². The number of fused-ring (bicyclic) bond motifs is 1. The molecular formula is C13H14ClN3S3. The lowest BCUT2D eigenvalue weighted by molar-refractivity contribution is 0.747. The molecule has 3 rings (SSSR count). The van der Waals surface area contributed by atoms with Gasteiger partial charge in [-0.25, -0.2) is 0 Å². The van der Waals surface area contributed by atoms with Crippen molar-refractivity contribution in [1.82, 2.24) is 4.37 Å². The zero-order chi connectivity index (χ0) is 14.1. The molecule has 1 atom stereocenters. The molecule has 0 aliphatic rings. The minimum absolute atomic E-state index is 0.112. The Kier molecular flexibility index (Phi) is 4.28. The van der Waals surface area contributed by atoms with Crippen molar-refractivity contribution in [1.29, 1.82) is 0 Å². The smallest absolute Gasteiger partial charge is 0.127 e. The third-order valence-electron chi connectivity index (χ3n) is 2.84. The predicted octanol–water partition coefficient (Wildman–Crippen LogP) is 4.57. The van der Waals surface area contributed by atoms with Gasteiger partial charge in [0.15, 0.2) is 0 Å². The lowest BCUT2D eigenvalue weighted by Crippen LogP contribution is -2.17. The maximum absolute atomic E-state index is 6.39. The average Bonchev–Trinajstić information content (AvgIpc) is 3.08. The number of hydrogen-bond acceptors (Lipinski definition) is 6. The Hall–Kier alpha value is -0.660. The molecule has 3 aromatic heterocycles. The zero-order valence-electron chi connectivity index (χ0n) is 10.9. The molecule has 106 valence electrons. The summed E-state index contributed by atoms with van der Waals surface area (Å²) in [6.45, 7) is 2.82. The van der Waals surface area contributed by atoms with Crippen LogP contribution in [0.3, 0.4) is 0 Å². The lowest BCUT2D eigenvalue weighted by atomic mass is 10.2. The van der Waals surface area contributed by atoms with Crippen LogP contribution in [0.25, 0.3) is 10.2 Å².